The van der Waals surface area contributed by atoms with E-state index in [1.165, 1.54) is 6.07 Å². The molecule has 1 aromatic rings. The van der Waals surface area contributed by atoms with Gasteiger partial charge in [-0.15, -0.1) is 0 Å². The van der Waals surface area contributed by atoms with Crippen LogP contribution in [0.3, 0.4) is 0 Å². The van der Waals surface area contributed by atoms with Gasteiger partial charge in [0.1, 0.15) is 0 Å². The summed E-state index contributed by atoms with van der Waals surface area (Å²) in [4.78, 5) is 10.6. The molecule has 0 radical (unpaired) electrons. The molecule has 0 bridgehead atoms. The van der Waals surface area contributed by atoms with E-state index in [1.54, 1.807) is 13.0 Å². The zero-order valence-electron chi connectivity index (χ0n) is 6.47. The molecule has 1 aromatic carbocycles. The number of aromatic carboxylic acids is 1. The second kappa shape index (κ2) is 3.15. The van der Waals surface area contributed by atoms with E-state index in [-0.39, 0.29) is 5.56 Å². The van der Waals surface area contributed by atoms with Crippen molar-refractivity contribution in [3.8, 4) is 0 Å². The molecule has 64 valence electrons. The van der Waals surface area contributed by atoms with Gasteiger partial charge in [0.2, 0.25) is 0 Å². The fourth-order valence-corrected chi connectivity index (χ4v) is 1.38. The summed E-state index contributed by atoms with van der Waals surface area (Å²) in [5, 5.41) is 8.71. The first-order valence-electron chi connectivity index (χ1n) is 3.31. The van der Waals surface area contributed by atoms with Crippen LogP contribution in [0.5, 0.6) is 0 Å². The largest absolute Gasteiger partial charge is 0.478 e. The highest BCUT2D eigenvalue weighted by molar-refractivity contribution is 9.10. The van der Waals surface area contributed by atoms with E-state index in [2.05, 4.69) is 15.9 Å². The quantitative estimate of drug-likeness (QED) is 0.725. The smallest absolute Gasteiger partial charge is 0.336 e. The number of carboxylic acids is 1. The lowest BCUT2D eigenvalue weighted by molar-refractivity contribution is 0.0696. The van der Waals surface area contributed by atoms with E-state index in [0.29, 0.717) is 11.3 Å². The van der Waals surface area contributed by atoms with Crippen LogP contribution in [0.25, 0.3) is 0 Å². The van der Waals surface area contributed by atoms with E-state index >= 15 is 0 Å². The lowest BCUT2D eigenvalue weighted by atomic mass is 10.1. The maximum Gasteiger partial charge on any atom is 0.336 e. The third-order valence-electron chi connectivity index (χ3n) is 1.57. The van der Waals surface area contributed by atoms with Gasteiger partial charge < -0.3 is 10.8 Å². The predicted octanol–water partition coefficient (Wildman–Crippen LogP) is 2.04. The molecule has 0 saturated heterocycles. The van der Waals surface area contributed by atoms with Crippen molar-refractivity contribution < 1.29 is 9.90 Å². The van der Waals surface area contributed by atoms with E-state index in [1.807, 2.05) is 0 Å². The Bertz CT molecular complexity index is 336. The SMILES string of the molecule is Cc1cc(Br)c(N)cc1C(=O)O. The molecule has 3 nitrogen and oxygen atoms in total. The Balaban J connectivity index is 3.33. The Labute approximate surface area is 78.3 Å². The van der Waals surface area contributed by atoms with E-state index in [9.17, 15) is 4.79 Å². The highest BCUT2D eigenvalue weighted by Gasteiger charge is 2.08. The van der Waals surface area contributed by atoms with Gasteiger partial charge in [-0.25, -0.2) is 4.79 Å². The summed E-state index contributed by atoms with van der Waals surface area (Å²) < 4.78 is 0.727. The van der Waals surface area contributed by atoms with Crippen LogP contribution < -0.4 is 5.73 Å². The molecule has 0 aromatic heterocycles. The van der Waals surface area contributed by atoms with Gasteiger partial charge >= 0.3 is 5.97 Å². The number of benzene rings is 1. The molecule has 0 saturated carbocycles. The standard InChI is InChI=1S/C8H8BrNO2/c1-4-2-6(9)7(10)3-5(4)8(11)12/h2-3H,10H2,1H3,(H,11,12). The van der Waals surface area contributed by atoms with Crippen LogP contribution in [0.4, 0.5) is 5.69 Å². The van der Waals surface area contributed by atoms with Crippen LogP contribution in [-0.4, -0.2) is 11.1 Å². The van der Waals surface area contributed by atoms with Crippen LogP contribution >= 0.6 is 15.9 Å². The molecule has 0 aliphatic rings. The molecular weight excluding hydrogens is 222 g/mol. The van der Waals surface area contributed by atoms with Gasteiger partial charge in [-0.05, 0) is 40.5 Å². The summed E-state index contributed by atoms with van der Waals surface area (Å²) in [5.41, 5.74) is 6.90. The van der Waals surface area contributed by atoms with Crippen molar-refractivity contribution in [2.45, 2.75) is 6.92 Å². The van der Waals surface area contributed by atoms with Gasteiger partial charge in [0.15, 0.2) is 0 Å². The first-order valence-corrected chi connectivity index (χ1v) is 4.10. The Morgan fingerprint density at radius 2 is 2.17 bits per heavy atom. The number of rotatable bonds is 1. The molecule has 12 heavy (non-hydrogen) atoms. The molecule has 4 heteroatoms. The number of nitrogens with two attached hydrogens (primary N) is 1. The average molecular weight is 230 g/mol. The van der Waals surface area contributed by atoms with Gasteiger partial charge in [-0.3, -0.25) is 0 Å². The molecule has 1 rings (SSSR count). The predicted molar refractivity (Wildman–Crippen MR) is 50.3 cm³/mol. The number of carbonyl (C=O) groups is 1. The molecule has 0 atom stereocenters. The van der Waals surface area contributed by atoms with Gasteiger partial charge in [-0.2, -0.15) is 0 Å². The van der Waals surface area contributed by atoms with Gasteiger partial charge in [0.25, 0.3) is 0 Å². The third-order valence-corrected chi connectivity index (χ3v) is 2.26. The zero-order valence-corrected chi connectivity index (χ0v) is 8.05. The number of anilines is 1. The van der Waals surface area contributed by atoms with Crippen molar-refractivity contribution in [1.82, 2.24) is 0 Å². The first-order chi connectivity index (χ1) is 5.52. The lowest BCUT2D eigenvalue weighted by Gasteiger charge is -2.03. The van der Waals surface area contributed by atoms with Crippen molar-refractivity contribution in [2.75, 3.05) is 5.73 Å². The maximum absolute atomic E-state index is 10.6. The van der Waals surface area contributed by atoms with Crippen molar-refractivity contribution in [2.24, 2.45) is 0 Å². The molecule has 0 unspecified atom stereocenters. The molecule has 0 fully saturated rings. The van der Waals surface area contributed by atoms with Crippen molar-refractivity contribution in [3.05, 3.63) is 27.7 Å². The summed E-state index contributed by atoms with van der Waals surface area (Å²) >= 11 is 3.21. The monoisotopic (exact) mass is 229 g/mol. The van der Waals surface area contributed by atoms with E-state index in [0.717, 1.165) is 4.47 Å². The second-order valence-corrected chi connectivity index (χ2v) is 3.35. The molecule has 0 aliphatic heterocycles. The molecule has 0 aliphatic carbocycles. The van der Waals surface area contributed by atoms with Crippen LogP contribution in [0.1, 0.15) is 15.9 Å². The van der Waals surface area contributed by atoms with Crippen LogP contribution in [0.2, 0.25) is 0 Å². The molecule has 0 amide bonds. The second-order valence-electron chi connectivity index (χ2n) is 2.49. The average Bonchev–Trinajstić information content (AvgIpc) is 1.96. The summed E-state index contributed by atoms with van der Waals surface area (Å²) in [6, 6.07) is 3.14. The number of carboxylic acid groups (broad SMARTS) is 1. The topological polar surface area (TPSA) is 63.3 Å². The first kappa shape index (κ1) is 9.06. The summed E-state index contributed by atoms with van der Waals surface area (Å²) in [6.07, 6.45) is 0. The minimum Gasteiger partial charge on any atom is -0.478 e. The Morgan fingerprint density at radius 3 is 2.67 bits per heavy atom. The highest BCUT2D eigenvalue weighted by atomic mass is 79.9. The number of halogens is 1. The highest BCUT2D eigenvalue weighted by Crippen LogP contribution is 2.23. The number of aryl methyl sites for hydroxylation is 1. The lowest BCUT2D eigenvalue weighted by Crippen LogP contribution is -2.01. The van der Waals surface area contributed by atoms with Gasteiger partial charge in [0.05, 0.1) is 5.56 Å². The number of hydrogen-bond donors (Lipinski definition) is 2. The normalized spacial score (nSPS) is 9.83. The van der Waals surface area contributed by atoms with E-state index in [4.69, 9.17) is 10.8 Å². The van der Waals surface area contributed by atoms with E-state index < -0.39 is 5.97 Å². The fraction of sp³-hybridized carbons (Fsp3) is 0.125. The fourth-order valence-electron chi connectivity index (χ4n) is 0.920. The Morgan fingerprint density at radius 1 is 1.58 bits per heavy atom. The zero-order chi connectivity index (χ0) is 9.30. The van der Waals surface area contributed by atoms with Crippen LogP contribution in [0.15, 0.2) is 16.6 Å². The van der Waals surface area contributed by atoms with Crippen molar-refractivity contribution in [3.63, 3.8) is 0 Å². The van der Waals surface area contributed by atoms with Crippen LogP contribution in [-0.2, 0) is 0 Å². The minimum absolute atomic E-state index is 0.246. The summed E-state index contributed by atoms with van der Waals surface area (Å²) in [5.74, 6) is -0.952. The third kappa shape index (κ3) is 1.58. The molecule has 0 spiro atoms. The molecular formula is C8H8BrNO2. The van der Waals surface area contributed by atoms with Crippen molar-refractivity contribution >= 4 is 27.6 Å². The Kier molecular flexibility index (Phi) is 2.38. The van der Waals surface area contributed by atoms with Crippen LogP contribution in [0, 0.1) is 6.92 Å². The molecule has 3 N–H and O–H groups in total. The summed E-state index contributed by atoms with van der Waals surface area (Å²) in [6.45, 7) is 1.73. The molecule has 0 heterocycles. The van der Waals surface area contributed by atoms with Gasteiger partial charge in [-0.1, -0.05) is 0 Å². The van der Waals surface area contributed by atoms with Gasteiger partial charge in [0, 0.05) is 10.2 Å². The number of hydrogen-bond acceptors (Lipinski definition) is 2. The Hall–Kier alpha value is -1.03. The van der Waals surface area contributed by atoms with Crippen molar-refractivity contribution in [1.29, 1.82) is 0 Å². The minimum atomic E-state index is -0.952. The number of nitrogen functional groups attached to an aromatic ring is 1. The summed E-state index contributed by atoms with van der Waals surface area (Å²) in [7, 11) is 0. The maximum atomic E-state index is 10.6.